The lowest BCUT2D eigenvalue weighted by Crippen LogP contribution is -2.36. The maximum absolute atomic E-state index is 12.1. The molecule has 0 bridgehead atoms. The molecule has 0 fully saturated rings. The van der Waals surface area contributed by atoms with Crippen molar-refractivity contribution < 1.29 is 14.3 Å². The van der Waals surface area contributed by atoms with Crippen molar-refractivity contribution in [3.8, 4) is 0 Å². The molecule has 0 aliphatic carbocycles. The van der Waals surface area contributed by atoms with Crippen LogP contribution in [0.3, 0.4) is 0 Å². The highest BCUT2D eigenvalue weighted by atomic mass is 16.5. The predicted octanol–water partition coefficient (Wildman–Crippen LogP) is 2.99. The Bertz CT molecular complexity index is 539. The zero-order valence-electron chi connectivity index (χ0n) is 14.7. The summed E-state index contributed by atoms with van der Waals surface area (Å²) in [5.41, 5.74) is 2.70. The van der Waals surface area contributed by atoms with Gasteiger partial charge in [0.05, 0.1) is 6.10 Å². The van der Waals surface area contributed by atoms with Crippen molar-refractivity contribution in [2.24, 2.45) is 0 Å². The maximum Gasteiger partial charge on any atom is 0.313 e. The van der Waals surface area contributed by atoms with Crippen molar-refractivity contribution in [2.45, 2.75) is 53.1 Å². The molecule has 0 radical (unpaired) electrons. The lowest BCUT2D eigenvalue weighted by atomic mass is 9.98. The van der Waals surface area contributed by atoms with Crippen molar-refractivity contribution in [1.29, 1.82) is 0 Å². The Balaban J connectivity index is 2.54. The Labute approximate surface area is 138 Å². The van der Waals surface area contributed by atoms with Gasteiger partial charge in [0.1, 0.15) is 0 Å². The summed E-state index contributed by atoms with van der Waals surface area (Å²) in [7, 11) is 0. The van der Waals surface area contributed by atoms with Gasteiger partial charge in [0.25, 0.3) is 0 Å². The highest BCUT2D eigenvalue weighted by Gasteiger charge is 2.17. The molecule has 0 unspecified atom stereocenters. The zero-order chi connectivity index (χ0) is 17.4. The summed E-state index contributed by atoms with van der Waals surface area (Å²) in [6.45, 7) is 10.9. The highest BCUT2D eigenvalue weighted by molar-refractivity contribution is 6.39. The van der Waals surface area contributed by atoms with E-state index in [9.17, 15) is 9.59 Å². The first kappa shape index (κ1) is 19.2. The second-order valence-electron chi connectivity index (χ2n) is 6.18. The molecule has 0 heterocycles. The smallest absolute Gasteiger partial charge is 0.313 e. The highest BCUT2D eigenvalue weighted by Crippen LogP contribution is 2.27. The second-order valence-corrected chi connectivity index (χ2v) is 6.18. The molecular weight excluding hydrogens is 292 g/mol. The number of amides is 2. The van der Waals surface area contributed by atoms with Crippen molar-refractivity contribution >= 4 is 17.5 Å². The average molecular weight is 320 g/mol. The fourth-order valence-electron chi connectivity index (χ4n) is 2.19. The standard InChI is InChI=1S/C18H28N2O3/c1-12(2)15-9-6-8-14(5)16(15)20-18(22)17(21)19-10-7-11-23-13(3)4/h6,8-9,12-13H,7,10-11H2,1-5H3,(H,19,21)(H,20,22). The van der Waals surface area contributed by atoms with Gasteiger partial charge in [0.2, 0.25) is 0 Å². The number of aryl methyl sites for hydroxylation is 1. The van der Waals surface area contributed by atoms with E-state index in [0.717, 1.165) is 16.8 Å². The molecule has 0 saturated carbocycles. The van der Waals surface area contributed by atoms with Crippen LogP contribution in [0.25, 0.3) is 0 Å². The largest absolute Gasteiger partial charge is 0.379 e. The van der Waals surface area contributed by atoms with Gasteiger partial charge < -0.3 is 15.4 Å². The Kier molecular flexibility index (Phi) is 7.75. The molecule has 1 aromatic rings. The number of anilines is 1. The van der Waals surface area contributed by atoms with Gasteiger partial charge >= 0.3 is 11.8 Å². The average Bonchev–Trinajstić information content (AvgIpc) is 2.47. The SMILES string of the molecule is Cc1cccc(C(C)C)c1NC(=O)C(=O)NCCCOC(C)C. The Morgan fingerprint density at radius 1 is 1.13 bits per heavy atom. The van der Waals surface area contributed by atoms with Crippen LogP contribution in [-0.2, 0) is 14.3 Å². The number of nitrogens with one attached hydrogen (secondary N) is 2. The Morgan fingerprint density at radius 3 is 2.43 bits per heavy atom. The molecule has 5 heteroatoms. The molecule has 5 nitrogen and oxygen atoms in total. The number of carbonyl (C=O) groups is 2. The molecule has 2 amide bonds. The van der Waals surface area contributed by atoms with Crippen molar-refractivity contribution in [2.75, 3.05) is 18.5 Å². The van der Waals surface area contributed by atoms with Gasteiger partial charge in [-0.15, -0.1) is 0 Å². The third kappa shape index (κ3) is 6.40. The van der Waals surface area contributed by atoms with Crippen LogP contribution >= 0.6 is 0 Å². The third-order valence-electron chi connectivity index (χ3n) is 3.43. The summed E-state index contributed by atoms with van der Waals surface area (Å²) >= 11 is 0. The Hall–Kier alpha value is -1.88. The minimum atomic E-state index is -0.633. The van der Waals surface area contributed by atoms with Crippen LogP contribution in [0.2, 0.25) is 0 Å². The molecule has 23 heavy (non-hydrogen) atoms. The zero-order valence-corrected chi connectivity index (χ0v) is 14.7. The van der Waals surface area contributed by atoms with Gasteiger partial charge in [0, 0.05) is 18.8 Å². The van der Waals surface area contributed by atoms with Gasteiger partial charge in [0.15, 0.2) is 0 Å². The van der Waals surface area contributed by atoms with Gasteiger partial charge in [-0.05, 0) is 44.2 Å². The molecule has 1 rings (SSSR count). The molecule has 0 saturated heterocycles. The molecule has 0 aliphatic rings. The number of ether oxygens (including phenoxy) is 1. The van der Waals surface area contributed by atoms with E-state index >= 15 is 0 Å². The predicted molar refractivity (Wildman–Crippen MR) is 92.6 cm³/mol. The van der Waals surface area contributed by atoms with E-state index in [-0.39, 0.29) is 12.0 Å². The topological polar surface area (TPSA) is 67.4 Å². The molecule has 0 aliphatic heterocycles. The quantitative estimate of drug-likeness (QED) is 0.599. The summed E-state index contributed by atoms with van der Waals surface area (Å²) in [5.74, 6) is -0.986. The summed E-state index contributed by atoms with van der Waals surface area (Å²) < 4.78 is 5.39. The summed E-state index contributed by atoms with van der Waals surface area (Å²) in [6.07, 6.45) is 0.850. The minimum absolute atomic E-state index is 0.171. The molecule has 0 aromatic heterocycles. The Morgan fingerprint density at radius 2 is 1.83 bits per heavy atom. The number of para-hydroxylation sites is 1. The minimum Gasteiger partial charge on any atom is -0.379 e. The van der Waals surface area contributed by atoms with Crippen molar-refractivity contribution in [3.05, 3.63) is 29.3 Å². The molecule has 2 N–H and O–H groups in total. The van der Waals surface area contributed by atoms with E-state index < -0.39 is 11.8 Å². The van der Waals surface area contributed by atoms with Crippen LogP contribution in [-0.4, -0.2) is 31.1 Å². The van der Waals surface area contributed by atoms with Gasteiger partial charge in [-0.2, -0.15) is 0 Å². The van der Waals surface area contributed by atoms with Crippen molar-refractivity contribution in [1.82, 2.24) is 5.32 Å². The van der Waals surface area contributed by atoms with Gasteiger partial charge in [-0.3, -0.25) is 9.59 Å². The van der Waals surface area contributed by atoms with Crippen LogP contribution in [0.5, 0.6) is 0 Å². The third-order valence-corrected chi connectivity index (χ3v) is 3.43. The molecule has 128 valence electrons. The number of benzene rings is 1. The molecular formula is C18H28N2O3. The van der Waals surface area contributed by atoms with Crippen LogP contribution in [0.15, 0.2) is 18.2 Å². The van der Waals surface area contributed by atoms with Gasteiger partial charge in [-0.25, -0.2) is 0 Å². The number of hydrogen-bond donors (Lipinski definition) is 2. The number of rotatable bonds is 7. The lowest BCUT2D eigenvalue weighted by Gasteiger charge is -2.16. The monoisotopic (exact) mass is 320 g/mol. The molecule has 1 aromatic carbocycles. The van der Waals surface area contributed by atoms with Crippen molar-refractivity contribution in [3.63, 3.8) is 0 Å². The van der Waals surface area contributed by atoms with Crippen LogP contribution in [0.4, 0.5) is 5.69 Å². The fourth-order valence-corrected chi connectivity index (χ4v) is 2.19. The molecule has 0 spiro atoms. The van der Waals surface area contributed by atoms with E-state index in [2.05, 4.69) is 24.5 Å². The summed E-state index contributed by atoms with van der Waals surface area (Å²) in [6, 6.07) is 5.84. The summed E-state index contributed by atoms with van der Waals surface area (Å²) in [4.78, 5) is 23.9. The first-order valence-electron chi connectivity index (χ1n) is 8.13. The van der Waals surface area contributed by atoms with E-state index in [0.29, 0.717) is 19.6 Å². The summed E-state index contributed by atoms with van der Waals surface area (Å²) in [5, 5.41) is 5.35. The number of carbonyl (C=O) groups excluding carboxylic acids is 2. The van der Waals surface area contributed by atoms with E-state index in [1.807, 2.05) is 39.0 Å². The normalized spacial score (nSPS) is 10.9. The van der Waals surface area contributed by atoms with Crippen LogP contribution in [0, 0.1) is 6.92 Å². The van der Waals surface area contributed by atoms with Gasteiger partial charge in [-0.1, -0.05) is 32.0 Å². The number of hydrogen-bond acceptors (Lipinski definition) is 3. The maximum atomic E-state index is 12.1. The first-order valence-corrected chi connectivity index (χ1v) is 8.13. The van der Waals surface area contributed by atoms with E-state index in [1.54, 1.807) is 0 Å². The molecule has 0 atom stereocenters. The van der Waals surface area contributed by atoms with Crippen LogP contribution < -0.4 is 10.6 Å². The second kappa shape index (κ2) is 9.30. The van der Waals surface area contributed by atoms with E-state index in [4.69, 9.17) is 4.74 Å². The van der Waals surface area contributed by atoms with E-state index in [1.165, 1.54) is 0 Å². The van der Waals surface area contributed by atoms with Crippen LogP contribution in [0.1, 0.15) is 51.2 Å². The first-order chi connectivity index (χ1) is 10.8. The fraction of sp³-hybridized carbons (Fsp3) is 0.556. The lowest BCUT2D eigenvalue weighted by molar-refractivity contribution is -0.136.